The van der Waals surface area contributed by atoms with Crippen LogP contribution in [0.2, 0.25) is 0 Å². The smallest absolute Gasteiger partial charge is 0.508 e. The minimum atomic E-state index is -0.615. The number of rotatable bonds is 8. The highest BCUT2D eigenvalue weighted by atomic mass is 16.7. The third kappa shape index (κ3) is 5.94. The molecule has 0 aliphatic rings. The molecule has 0 aliphatic carbocycles. The van der Waals surface area contributed by atoms with Crippen molar-refractivity contribution in [1.82, 2.24) is 0 Å². The summed E-state index contributed by atoms with van der Waals surface area (Å²) in [5.74, 6) is 1.23. The molecule has 0 aliphatic heterocycles. The third-order valence-corrected chi connectivity index (χ3v) is 3.28. The Morgan fingerprint density at radius 1 is 1.29 bits per heavy atom. The Labute approximate surface area is 125 Å². The summed E-state index contributed by atoms with van der Waals surface area (Å²) in [6.45, 7) is 4.48. The number of methoxy groups -OCH3 is 1. The van der Waals surface area contributed by atoms with Gasteiger partial charge in [0.25, 0.3) is 0 Å². The van der Waals surface area contributed by atoms with Crippen LogP contribution in [0.3, 0.4) is 0 Å². The maximum absolute atomic E-state index is 11.0. The van der Waals surface area contributed by atoms with Crippen LogP contribution in [-0.2, 0) is 9.47 Å². The number of carbonyl (C=O) groups excluding carboxylic acids is 1. The van der Waals surface area contributed by atoms with Gasteiger partial charge in [0.1, 0.15) is 11.5 Å². The van der Waals surface area contributed by atoms with Gasteiger partial charge >= 0.3 is 6.16 Å². The Morgan fingerprint density at radius 3 is 2.71 bits per heavy atom. The number of hydrogen-bond acceptors (Lipinski definition) is 5. The summed E-state index contributed by atoms with van der Waals surface area (Å²) in [6, 6.07) is 5.24. The molecule has 0 radical (unpaired) electrons. The number of phenols is 1. The molecular weight excluding hydrogens is 272 g/mol. The summed E-state index contributed by atoms with van der Waals surface area (Å²) in [7, 11) is 1.60. The van der Waals surface area contributed by atoms with Crippen LogP contribution >= 0.6 is 0 Å². The number of hydrogen-bond donors (Lipinski definition) is 1. The quantitative estimate of drug-likeness (QED) is 0.583. The first-order valence-electron chi connectivity index (χ1n) is 7.25. The molecule has 1 rings (SSSR count). The summed E-state index contributed by atoms with van der Waals surface area (Å²) in [6.07, 6.45) is 1.95. The Morgan fingerprint density at radius 2 is 2.05 bits per heavy atom. The number of aromatic hydroxyl groups is 1. The topological polar surface area (TPSA) is 65.0 Å². The maximum Gasteiger partial charge on any atom is 0.508 e. The van der Waals surface area contributed by atoms with Crippen LogP contribution in [0.15, 0.2) is 18.2 Å². The van der Waals surface area contributed by atoms with Gasteiger partial charge in [-0.15, -0.1) is 0 Å². The standard InChI is InChI=1S/C16H24O5/c1-4-20-16(18)21-10-6-5-7-12(2)14-11-13(19-3)8-9-15(14)17/h8-9,11-12,17H,4-7,10H2,1-3H3. The van der Waals surface area contributed by atoms with Gasteiger partial charge in [0.2, 0.25) is 0 Å². The zero-order valence-corrected chi connectivity index (χ0v) is 12.9. The zero-order valence-electron chi connectivity index (χ0n) is 12.9. The Bertz CT molecular complexity index is 444. The van der Waals surface area contributed by atoms with E-state index in [1.54, 1.807) is 26.2 Å². The third-order valence-electron chi connectivity index (χ3n) is 3.28. The van der Waals surface area contributed by atoms with Gasteiger partial charge in [-0.05, 0) is 50.3 Å². The molecule has 1 aromatic carbocycles. The van der Waals surface area contributed by atoms with Crippen LogP contribution in [0.1, 0.15) is 44.6 Å². The normalized spacial score (nSPS) is 11.8. The van der Waals surface area contributed by atoms with Crippen LogP contribution in [0.5, 0.6) is 11.5 Å². The van der Waals surface area contributed by atoms with E-state index in [1.165, 1.54) is 0 Å². The van der Waals surface area contributed by atoms with E-state index in [-0.39, 0.29) is 11.7 Å². The summed E-state index contributed by atoms with van der Waals surface area (Å²) in [4.78, 5) is 11.0. The second-order valence-electron chi connectivity index (χ2n) is 4.85. The first-order chi connectivity index (χ1) is 10.1. The second-order valence-corrected chi connectivity index (χ2v) is 4.85. The molecule has 0 aromatic heterocycles. The monoisotopic (exact) mass is 296 g/mol. The number of ether oxygens (including phenoxy) is 3. The number of phenolic OH excluding ortho intramolecular Hbond substituents is 1. The maximum atomic E-state index is 11.0. The molecule has 118 valence electrons. The van der Waals surface area contributed by atoms with Crippen molar-refractivity contribution >= 4 is 6.16 Å². The van der Waals surface area contributed by atoms with Crippen molar-refractivity contribution in [2.75, 3.05) is 20.3 Å². The van der Waals surface area contributed by atoms with Crippen molar-refractivity contribution in [3.8, 4) is 11.5 Å². The summed E-state index contributed by atoms with van der Waals surface area (Å²) < 4.78 is 14.7. The minimum Gasteiger partial charge on any atom is -0.508 e. The first kappa shape index (κ1) is 17.1. The Kier molecular flexibility index (Phi) is 7.43. The number of benzene rings is 1. The van der Waals surface area contributed by atoms with Crippen LogP contribution in [0.4, 0.5) is 4.79 Å². The summed E-state index contributed by atoms with van der Waals surface area (Å²) in [5.41, 5.74) is 0.876. The van der Waals surface area contributed by atoms with Crippen LogP contribution in [-0.4, -0.2) is 31.6 Å². The van der Waals surface area contributed by atoms with E-state index in [0.29, 0.717) is 13.2 Å². The van der Waals surface area contributed by atoms with Crippen molar-refractivity contribution in [2.45, 2.75) is 39.0 Å². The number of unbranched alkanes of at least 4 members (excludes halogenated alkanes) is 1. The van der Waals surface area contributed by atoms with Crippen molar-refractivity contribution in [3.63, 3.8) is 0 Å². The zero-order chi connectivity index (χ0) is 15.7. The first-order valence-corrected chi connectivity index (χ1v) is 7.25. The molecule has 1 N–H and O–H groups in total. The van der Waals surface area contributed by atoms with Crippen LogP contribution in [0.25, 0.3) is 0 Å². The van der Waals surface area contributed by atoms with E-state index in [4.69, 9.17) is 9.47 Å². The predicted molar refractivity (Wildman–Crippen MR) is 79.9 cm³/mol. The molecule has 5 nitrogen and oxygen atoms in total. The second kappa shape index (κ2) is 9.10. The Hall–Kier alpha value is -1.91. The lowest BCUT2D eigenvalue weighted by Gasteiger charge is -2.14. The minimum absolute atomic E-state index is 0.211. The lowest BCUT2D eigenvalue weighted by Crippen LogP contribution is -2.08. The summed E-state index contributed by atoms with van der Waals surface area (Å²) >= 11 is 0. The van der Waals surface area contributed by atoms with Gasteiger partial charge in [0.05, 0.1) is 20.3 Å². The van der Waals surface area contributed by atoms with E-state index in [2.05, 4.69) is 11.7 Å². The largest absolute Gasteiger partial charge is 0.508 e. The molecule has 0 fully saturated rings. The molecule has 1 aromatic rings. The number of carbonyl (C=O) groups is 1. The van der Waals surface area contributed by atoms with Gasteiger partial charge < -0.3 is 19.3 Å². The molecule has 0 amide bonds. The van der Waals surface area contributed by atoms with Gasteiger partial charge in [0, 0.05) is 5.56 Å². The van der Waals surface area contributed by atoms with E-state index in [9.17, 15) is 9.90 Å². The average molecular weight is 296 g/mol. The average Bonchev–Trinajstić information content (AvgIpc) is 2.47. The molecule has 21 heavy (non-hydrogen) atoms. The Balaban J connectivity index is 2.34. The fraction of sp³-hybridized carbons (Fsp3) is 0.562. The van der Waals surface area contributed by atoms with Crippen LogP contribution < -0.4 is 4.74 Å². The molecule has 0 saturated carbocycles. The highest BCUT2D eigenvalue weighted by Gasteiger charge is 2.11. The van der Waals surface area contributed by atoms with Gasteiger partial charge in [-0.3, -0.25) is 0 Å². The van der Waals surface area contributed by atoms with Crippen molar-refractivity contribution < 1.29 is 24.1 Å². The SMILES string of the molecule is CCOC(=O)OCCCCC(C)c1cc(OC)ccc1O. The fourth-order valence-electron chi connectivity index (χ4n) is 2.08. The fourth-order valence-corrected chi connectivity index (χ4v) is 2.08. The van der Waals surface area contributed by atoms with Crippen molar-refractivity contribution in [1.29, 1.82) is 0 Å². The van der Waals surface area contributed by atoms with Gasteiger partial charge in [-0.1, -0.05) is 6.92 Å². The molecule has 0 heterocycles. The molecule has 1 atom stereocenters. The van der Waals surface area contributed by atoms with E-state index in [1.807, 2.05) is 6.07 Å². The summed E-state index contributed by atoms with van der Waals surface area (Å²) in [5, 5.41) is 9.89. The molecule has 0 spiro atoms. The highest BCUT2D eigenvalue weighted by molar-refractivity contribution is 5.59. The van der Waals surface area contributed by atoms with Crippen molar-refractivity contribution in [3.05, 3.63) is 23.8 Å². The lowest BCUT2D eigenvalue weighted by molar-refractivity contribution is 0.0578. The molecule has 0 saturated heterocycles. The van der Waals surface area contributed by atoms with Gasteiger partial charge in [0.15, 0.2) is 0 Å². The lowest BCUT2D eigenvalue weighted by atomic mass is 9.94. The predicted octanol–water partition coefficient (Wildman–Crippen LogP) is 3.85. The van der Waals surface area contributed by atoms with E-state index >= 15 is 0 Å². The molecular formula is C16H24O5. The van der Waals surface area contributed by atoms with Crippen LogP contribution in [0, 0.1) is 0 Å². The molecule has 5 heteroatoms. The van der Waals surface area contributed by atoms with Gasteiger partial charge in [-0.2, -0.15) is 0 Å². The van der Waals surface area contributed by atoms with E-state index < -0.39 is 6.16 Å². The van der Waals surface area contributed by atoms with Crippen molar-refractivity contribution in [2.24, 2.45) is 0 Å². The van der Waals surface area contributed by atoms with E-state index in [0.717, 1.165) is 30.6 Å². The molecule has 0 bridgehead atoms. The molecule has 1 unspecified atom stereocenters. The highest BCUT2D eigenvalue weighted by Crippen LogP contribution is 2.32. The van der Waals surface area contributed by atoms with Gasteiger partial charge in [-0.25, -0.2) is 4.79 Å².